The second-order valence-corrected chi connectivity index (χ2v) is 8.01. The number of carbonyl (C=O) groups is 1. The molecule has 1 saturated heterocycles. The normalized spacial score (nSPS) is 14.2. The molecule has 1 aromatic carbocycles. The number of carbonyl (C=O) groups excluding carboxylic acids is 1. The number of amides is 1. The standard InChI is InChI=1S/C20H20N8O2S/c29-18(23-19-21-6-11-31-19)13-28-20(30)27-14-22-16(12-17(27)24-28)26-9-7-25(8-10-26)15-4-2-1-3-5-15/h1-6,11-12,14H,7-10,13H2,(H,21,23,29). The van der Waals surface area contributed by atoms with Gasteiger partial charge < -0.3 is 15.1 Å². The first-order valence-electron chi connectivity index (χ1n) is 9.87. The summed E-state index contributed by atoms with van der Waals surface area (Å²) in [5.41, 5.74) is 1.27. The van der Waals surface area contributed by atoms with Gasteiger partial charge in [-0.15, -0.1) is 16.4 Å². The van der Waals surface area contributed by atoms with E-state index >= 15 is 0 Å². The fourth-order valence-corrected chi connectivity index (χ4v) is 4.15. The second kappa shape index (κ2) is 8.19. The van der Waals surface area contributed by atoms with Crippen LogP contribution in [0.2, 0.25) is 0 Å². The minimum Gasteiger partial charge on any atom is -0.368 e. The minimum absolute atomic E-state index is 0.189. The first-order chi connectivity index (χ1) is 15.2. The molecule has 1 N–H and O–H groups in total. The molecule has 31 heavy (non-hydrogen) atoms. The molecule has 158 valence electrons. The van der Waals surface area contributed by atoms with E-state index in [1.54, 1.807) is 17.6 Å². The zero-order valence-corrected chi connectivity index (χ0v) is 17.4. The van der Waals surface area contributed by atoms with E-state index in [9.17, 15) is 9.59 Å². The Kier molecular flexibility index (Phi) is 5.08. The van der Waals surface area contributed by atoms with Gasteiger partial charge in [0.15, 0.2) is 10.8 Å². The average molecular weight is 437 g/mol. The molecule has 5 rings (SSSR count). The summed E-state index contributed by atoms with van der Waals surface area (Å²) >= 11 is 1.31. The van der Waals surface area contributed by atoms with Crippen molar-refractivity contribution >= 4 is 39.5 Å². The zero-order chi connectivity index (χ0) is 21.2. The van der Waals surface area contributed by atoms with E-state index in [1.807, 2.05) is 18.2 Å². The van der Waals surface area contributed by atoms with Gasteiger partial charge in [0.2, 0.25) is 5.91 Å². The van der Waals surface area contributed by atoms with Gasteiger partial charge in [-0.2, -0.15) is 0 Å². The van der Waals surface area contributed by atoms with Crippen molar-refractivity contribution in [2.45, 2.75) is 6.54 Å². The van der Waals surface area contributed by atoms with Crippen molar-refractivity contribution in [3.8, 4) is 0 Å². The zero-order valence-electron chi connectivity index (χ0n) is 16.6. The highest BCUT2D eigenvalue weighted by Gasteiger charge is 2.20. The van der Waals surface area contributed by atoms with Crippen LogP contribution >= 0.6 is 11.3 Å². The smallest absolute Gasteiger partial charge is 0.352 e. The van der Waals surface area contributed by atoms with Gasteiger partial charge in [-0.05, 0) is 12.1 Å². The molecular weight excluding hydrogens is 416 g/mol. The number of aromatic nitrogens is 5. The summed E-state index contributed by atoms with van der Waals surface area (Å²) in [4.78, 5) is 37.7. The van der Waals surface area contributed by atoms with Crippen molar-refractivity contribution in [2.24, 2.45) is 0 Å². The van der Waals surface area contributed by atoms with Crippen LogP contribution in [0.1, 0.15) is 0 Å². The van der Waals surface area contributed by atoms with Crippen molar-refractivity contribution in [3.63, 3.8) is 0 Å². The van der Waals surface area contributed by atoms with Gasteiger partial charge in [-0.25, -0.2) is 23.8 Å². The highest BCUT2D eigenvalue weighted by atomic mass is 32.1. The molecule has 0 spiro atoms. The number of anilines is 3. The second-order valence-electron chi connectivity index (χ2n) is 7.11. The number of piperazine rings is 1. The largest absolute Gasteiger partial charge is 0.368 e. The third kappa shape index (κ3) is 3.99. The first-order valence-corrected chi connectivity index (χ1v) is 10.7. The average Bonchev–Trinajstić information content (AvgIpc) is 3.42. The van der Waals surface area contributed by atoms with Crippen molar-refractivity contribution in [2.75, 3.05) is 41.3 Å². The van der Waals surface area contributed by atoms with Crippen LogP contribution in [-0.2, 0) is 11.3 Å². The molecule has 1 fully saturated rings. The first kappa shape index (κ1) is 19.2. The Hall–Kier alpha value is -3.73. The monoisotopic (exact) mass is 436 g/mol. The third-order valence-corrected chi connectivity index (χ3v) is 5.85. The Morgan fingerprint density at radius 2 is 1.84 bits per heavy atom. The minimum atomic E-state index is -0.405. The predicted octanol–water partition coefficient (Wildman–Crippen LogP) is 1.31. The van der Waals surface area contributed by atoms with Crippen molar-refractivity contribution in [1.82, 2.24) is 24.1 Å². The number of hydrogen-bond acceptors (Lipinski definition) is 8. The van der Waals surface area contributed by atoms with Gasteiger partial charge in [0.25, 0.3) is 0 Å². The van der Waals surface area contributed by atoms with Gasteiger partial charge in [0.1, 0.15) is 18.7 Å². The molecule has 11 heteroatoms. The maximum atomic E-state index is 12.6. The highest BCUT2D eigenvalue weighted by Crippen LogP contribution is 2.19. The van der Waals surface area contributed by atoms with E-state index in [0.29, 0.717) is 10.8 Å². The molecule has 10 nitrogen and oxygen atoms in total. The summed E-state index contributed by atoms with van der Waals surface area (Å²) in [7, 11) is 0. The number of rotatable bonds is 5. The van der Waals surface area contributed by atoms with Crippen molar-refractivity contribution in [1.29, 1.82) is 0 Å². The Balaban J connectivity index is 1.29. The lowest BCUT2D eigenvalue weighted by atomic mass is 10.2. The lowest BCUT2D eigenvalue weighted by Gasteiger charge is -2.36. The number of benzene rings is 1. The molecule has 0 bridgehead atoms. The van der Waals surface area contributed by atoms with E-state index < -0.39 is 5.69 Å². The molecule has 4 heterocycles. The predicted molar refractivity (Wildman–Crippen MR) is 119 cm³/mol. The van der Waals surface area contributed by atoms with E-state index in [-0.39, 0.29) is 12.5 Å². The molecule has 4 aromatic rings. The van der Waals surface area contributed by atoms with E-state index in [2.05, 4.69) is 42.3 Å². The topological polar surface area (TPSA) is 101 Å². The molecular formula is C20H20N8O2S. The van der Waals surface area contributed by atoms with Crippen LogP contribution < -0.4 is 20.8 Å². The highest BCUT2D eigenvalue weighted by molar-refractivity contribution is 7.13. The van der Waals surface area contributed by atoms with Crippen molar-refractivity contribution < 1.29 is 4.79 Å². The fourth-order valence-electron chi connectivity index (χ4n) is 3.60. The van der Waals surface area contributed by atoms with E-state index in [1.165, 1.54) is 27.8 Å². The molecule has 1 aliphatic rings. The molecule has 0 atom stereocenters. The van der Waals surface area contributed by atoms with Gasteiger partial charge in [0.05, 0.1) is 0 Å². The summed E-state index contributed by atoms with van der Waals surface area (Å²) in [5, 5.41) is 9.22. The van der Waals surface area contributed by atoms with Crippen LogP contribution in [0.25, 0.3) is 5.65 Å². The fraction of sp³-hybridized carbons (Fsp3) is 0.250. The number of fused-ring (bicyclic) bond motifs is 1. The van der Waals surface area contributed by atoms with Crippen LogP contribution in [0.4, 0.5) is 16.6 Å². The summed E-state index contributed by atoms with van der Waals surface area (Å²) in [6, 6.07) is 12.1. The molecule has 1 amide bonds. The molecule has 0 aliphatic carbocycles. The molecule has 0 radical (unpaired) electrons. The quantitative estimate of drug-likeness (QED) is 0.503. The maximum absolute atomic E-state index is 12.6. The molecule has 3 aromatic heterocycles. The molecule has 0 unspecified atom stereocenters. The van der Waals surface area contributed by atoms with Crippen LogP contribution in [0.5, 0.6) is 0 Å². The van der Waals surface area contributed by atoms with Gasteiger partial charge in [-0.3, -0.25) is 4.79 Å². The summed E-state index contributed by atoms with van der Waals surface area (Å²) in [5.74, 6) is 0.412. The van der Waals surface area contributed by atoms with Crippen molar-refractivity contribution in [3.05, 3.63) is 64.8 Å². The third-order valence-electron chi connectivity index (χ3n) is 5.16. The van der Waals surface area contributed by atoms with Gasteiger partial charge in [-0.1, -0.05) is 18.2 Å². The SMILES string of the molecule is O=C(Cn1nc2cc(N3CCN(c4ccccc4)CC3)ncn2c1=O)Nc1nccs1. The van der Waals surface area contributed by atoms with Crippen LogP contribution in [0.3, 0.4) is 0 Å². The summed E-state index contributed by atoms with van der Waals surface area (Å²) < 4.78 is 2.48. The number of para-hydroxylation sites is 1. The number of thiazole rings is 1. The Morgan fingerprint density at radius 1 is 1.06 bits per heavy atom. The van der Waals surface area contributed by atoms with Gasteiger partial charge >= 0.3 is 5.69 Å². The van der Waals surface area contributed by atoms with E-state index in [4.69, 9.17) is 0 Å². The van der Waals surface area contributed by atoms with E-state index in [0.717, 1.165) is 36.7 Å². The van der Waals surface area contributed by atoms with Gasteiger partial charge in [0, 0.05) is 49.5 Å². The summed E-state index contributed by atoms with van der Waals surface area (Å²) in [6.45, 7) is 3.22. The van der Waals surface area contributed by atoms with Crippen LogP contribution in [0.15, 0.2) is 59.1 Å². The lowest BCUT2D eigenvalue weighted by molar-refractivity contribution is -0.117. The number of hydrogen-bond donors (Lipinski definition) is 1. The maximum Gasteiger partial charge on any atom is 0.352 e. The molecule has 1 aliphatic heterocycles. The van der Waals surface area contributed by atoms with Crippen LogP contribution in [0, 0.1) is 0 Å². The Labute approximate surface area is 181 Å². The lowest BCUT2D eigenvalue weighted by Crippen LogP contribution is -2.46. The number of nitrogens with one attached hydrogen (secondary N) is 1. The summed E-state index contributed by atoms with van der Waals surface area (Å²) in [6.07, 6.45) is 3.07. The molecule has 0 saturated carbocycles. The van der Waals surface area contributed by atoms with Crippen LogP contribution in [-0.4, -0.2) is 56.2 Å². The Bertz CT molecular complexity index is 1240. The Morgan fingerprint density at radius 3 is 2.58 bits per heavy atom. The number of nitrogens with zero attached hydrogens (tertiary/aromatic N) is 7.